The van der Waals surface area contributed by atoms with Crippen LogP contribution in [0.1, 0.15) is 19.0 Å². The number of ether oxygens (including phenoxy) is 1. The van der Waals surface area contributed by atoms with Crippen molar-refractivity contribution in [2.45, 2.75) is 25.9 Å². The van der Waals surface area contributed by atoms with Crippen LogP contribution in [0.4, 0.5) is 0 Å². The van der Waals surface area contributed by atoms with Crippen LogP contribution in [-0.4, -0.2) is 31.3 Å². The van der Waals surface area contributed by atoms with Crippen LogP contribution in [0.25, 0.3) is 0 Å². The average molecular weight is 226 g/mol. The topological polar surface area (TPSA) is 34.2 Å². The number of aromatic nitrogens is 1. The molecule has 2 rings (SSSR count). The summed E-state index contributed by atoms with van der Waals surface area (Å²) in [5, 5.41) is 5.43. The molecule has 0 amide bonds. The van der Waals surface area contributed by atoms with Crippen molar-refractivity contribution in [2.24, 2.45) is 5.41 Å². The summed E-state index contributed by atoms with van der Waals surface area (Å²) in [4.78, 5) is 4.38. The van der Waals surface area contributed by atoms with Gasteiger partial charge in [0.15, 0.2) is 0 Å². The molecule has 1 saturated heterocycles. The van der Waals surface area contributed by atoms with E-state index in [9.17, 15) is 0 Å². The number of nitrogens with one attached hydrogen (secondary N) is 1. The van der Waals surface area contributed by atoms with E-state index >= 15 is 0 Å². The SMILES string of the molecule is CNCC1(Cc2cscn2)CCOC1C. The standard InChI is InChI=1S/C11H18N2OS/c1-9-11(7-12-2,3-4-14-9)5-10-6-15-8-13-10/h6,8-9,12H,3-5,7H2,1-2H3. The molecule has 0 aliphatic carbocycles. The van der Waals surface area contributed by atoms with Gasteiger partial charge in [0, 0.05) is 23.9 Å². The molecule has 0 spiro atoms. The number of hydrogen-bond donors (Lipinski definition) is 1. The molecule has 3 nitrogen and oxygen atoms in total. The monoisotopic (exact) mass is 226 g/mol. The Morgan fingerprint density at radius 1 is 1.73 bits per heavy atom. The van der Waals surface area contributed by atoms with E-state index in [2.05, 4.69) is 22.6 Å². The fourth-order valence-corrected chi connectivity index (χ4v) is 2.94. The predicted molar refractivity (Wildman–Crippen MR) is 62.2 cm³/mol. The quantitative estimate of drug-likeness (QED) is 0.848. The van der Waals surface area contributed by atoms with E-state index in [4.69, 9.17) is 4.74 Å². The van der Waals surface area contributed by atoms with Gasteiger partial charge in [-0.25, -0.2) is 4.98 Å². The Hall–Kier alpha value is -0.450. The molecule has 1 N–H and O–H groups in total. The van der Waals surface area contributed by atoms with Crippen molar-refractivity contribution in [3.8, 4) is 0 Å². The second kappa shape index (κ2) is 4.60. The van der Waals surface area contributed by atoms with Gasteiger partial charge in [0.05, 0.1) is 17.3 Å². The highest BCUT2D eigenvalue weighted by Crippen LogP contribution is 2.37. The summed E-state index contributed by atoms with van der Waals surface area (Å²) < 4.78 is 5.71. The zero-order valence-electron chi connectivity index (χ0n) is 9.32. The van der Waals surface area contributed by atoms with Gasteiger partial charge in [0.25, 0.3) is 0 Å². The molecule has 0 aromatic carbocycles. The average Bonchev–Trinajstić information content (AvgIpc) is 2.80. The fourth-order valence-electron chi connectivity index (χ4n) is 2.38. The third-order valence-corrected chi connectivity index (χ3v) is 4.01. The molecule has 2 atom stereocenters. The Labute approximate surface area is 94.9 Å². The molecule has 1 aliphatic rings. The number of rotatable bonds is 4. The van der Waals surface area contributed by atoms with Crippen LogP contribution in [0.5, 0.6) is 0 Å². The summed E-state index contributed by atoms with van der Waals surface area (Å²) in [5.41, 5.74) is 3.35. The number of hydrogen-bond acceptors (Lipinski definition) is 4. The van der Waals surface area contributed by atoms with Crippen LogP contribution in [0.3, 0.4) is 0 Å². The molecule has 15 heavy (non-hydrogen) atoms. The van der Waals surface area contributed by atoms with E-state index in [-0.39, 0.29) is 5.41 Å². The summed E-state index contributed by atoms with van der Waals surface area (Å²) in [6, 6.07) is 0. The lowest BCUT2D eigenvalue weighted by Gasteiger charge is -2.31. The Kier molecular flexibility index (Phi) is 3.38. The summed E-state index contributed by atoms with van der Waals surface area (Å²) in [5.74, 6) is 0. The highest BCUT2D eigenvalue weighted by atomic mass is 32.1. The van der Waals surface area contributed by atoms with E-state index < -0.39 is 0 Å². The van der Waals surface area contributed by atoms with Gasteiger partial charge >= 0.3 is 0 Å². The van der Waals surface area contributed by atoms with Crippen molar-refractivity contribution in [1.29, 1.82) is 0 Å². The molecule has 2 heterocycles. The maximum absolute atomic E-state index is 5.71. The first-order valence-electron chi connectivity index (χ1n) is 5.40. The maximum Gasteiger partial charge on any atom is 0.0794 e. The fraction of sp³-hybridized carbons (Fsp3) is 0.727. The Balaban J connectivity index is 2.12. The molecule has 4 heteroatoms. The lowest BCUT2D eigenvalue weighted by molar-refractivity contribution is 0.0636. The number of thiazole rings is 1. The zero-order valence-corrected chi connectivity index (χ0v) is 10.1. The van der Waals surface area contributed by atoms with Crippen molar-refractivity contribution in [3.63, 3.8) is 0 Å². The van der Waals surface area contributed by atoms with Gasteiger partial charge in [-0.15, -0.1) is 11.3 Å². The van der Waals surface area contributed by atoms with Crippen LogP contribution >= 0.6 is 11.3 Å². The van der Waals surface area contributed by atoms with Gasteiger partial charge in [-0.2, -0.15) is 0 Å². The van der Waals surface area contributed by atoms with E-state index in [1.54, 1.807) is 11.3 Å². The molecular formula is C11H18N2OS. The van der Waals surface area contributed by atoms with Crippen molar-refractivity contribution in [2.75, 3.05) is 20.2 Å². The van der Waals surface area contributed by atoms with Crippen LogP contribution in [-0.2, 0) is 11.2 Å². The molecule has 1 aromatic rings. The van der Waals surface area contributed by atoms with Crippen molar-refractivity contribution in [3.05, 3.63) is 16.6 Å². The minimum atomic E-state index is 0.239. The largest absolute Gasteiger partial charge is 0.378 e. The van der Waals surface area contributed by atoms with E-state index in [1.807, 2.05) is 12.6 Å². The van der Waals surface area contributed by atoms with E-state index in [0.29, 0.717) is 6.10 Å². The number of nitrogens with zero attached hydrogens (tertiary/aromatic N) is 1. The van der Waals surface area contributed by atoms with Crippen LogP contribution in [0.2, 0.25) is 0 Å². The van der Waals surface area contributed by atoms with E-state index in [0.717, 1.165) is 26.0 Å². The third-order valence-electron chi connectivity index (χ3n) is 3.38. The normalized spacial score (nSPS) is 30.9. The van der Waals surface area contributed by atoms with Crippen molar-refractivity contribution in [1.82, 2.24) is 10.3 Å². The first kappa shape index (κ1) is 11.0. The van der Waals surface area contributed by atoms with Crippen LogP contribution in [0, 0.1) is 5.41 Å². The van der Waals surface area contributed by atoms with E-state index in [1.165, 1.54) is 5.69 Å². The summed E-state index contributed by atoms with van der Waals surface area (Å²) in [7, 11) is 2.01. The Bertz CT molecular complexity index is 302. The van der Waals surface area contributed by atoms with Gasteiger partial charge in [0.2, 0.25) is 0 Å². The Morgan fingerprint density at radius 2 is 2.60 bits per heavy atom. The van der Waals surface area contributed by atoms with Gasteiger partial charge in [0.1, 0.15) is 0 Å². The molecule has 0 radical (unpaired) electrons. The van der Waals surface area contributed by atoms with Gasteiger partial charge in [-0.3, -0.25) is 0 Å². The molecular weight excluding hydrogens is 208 g/mol. The molecule has 0 bridgehead atoms. The minimum Gasteiger partial charge on any atom is -0.378 e. The molecule has 84 valence electrons. The molecule has 1 aromatic heterocycles. The van der Waals surface area contributed by atoms with Gasteiger partial charge < -0.3 is 10.1 Å². The van der Waals surface area contributed by atoms with Gasteiger partial charge in [-0.1, -0.05) is 0 Å². The third kappa shape index (κ3) is 2.22. The van der Waals surface area contributed by atoms with Crippen LogP contribution < -0.4 is 5.32 Å². The molecule has 1 aliphatic heterocycles. The van der Waals surface area contributed by atoms with Crippen LogP contribution in [0.15, 0.2) is 10.9 Å². The second-order valence-corrected chi connectivity index (χ2v) is 5.03. The lowest BCUT2D eigenvalue weighted by atomic mass is 9.77. The smallest absolute Gasteiger partial charge is 0.0794 e. The first-order valence-corrected chi connectivity index (χ1v) is 6.34. The minimum absolute atomic E-state index is 0.239. The highest BCUT2D eigenvalue weighted by Gasteiger charge is 2.41. The highest BCUT2D eigenvalue weighted by molar-refractivity contribution is 7.07. The van der Waals surface area contributed by atoms with Crippen molar-refractivity contribution < 1.29 is 4.74 Å². The zero-order chi connectivity index (χ0) is 10.7. The second-order valence-electron chi connectivity index (χ2n) is 4.31. The maximum atomic E-state index is 5.71. The summed E-state index contributed by atoms with van der Waals surface area (Å²) >= 11 is 1.67. The molecule has 0 saturated carbocycles. The molecule has 1 fully saturated rings. The van der Waals surface area contributed by atoms with Crippen molar-refractivity contribution >= 4 is 11.3 Å². The summed E-state index contributed by atoms with van der Waals surface area (Å²) in [6.45, 7) is 4.06. The Morgan fingerprint density at radius 3 is 3.13 bits per heavy atom. The molecule has 2 unspecified atom stereocenters. The lowest BCUT2D eigenvalue weighted by Crippen LogP contribution is -2.40. The van der Waals surface area contributed by atoms with Gasteiger partial charge in [-0.05, 0) is 26.8 Å². The summed E-state index contributed by atoms with van der Waals surface area (Å²) in [6.07, 6.45) is 2.48. The predicted octanol–water partition coefficient (Wildman–Crippen LogP) is 1.70. The first-order chi connectivity index (χ1) is 7.27.